The standard InChI is InChI=1S/C15H22F2N2/c1-2-19(11-13-4-3-7-18-9-13)10-12-5-6-14(16)15(17)8-12/h5-6,8,13,18H,2-4,7,9-11H2,1H3. The van der Waals surface area contributed by atoms with Gasteiger partial charge in [-0.1, -0.05) is 13.0 Å². The van der Waals surface area contributed by atoms with Gasteiger partial charge >= 0.3 is 0 Å². The van der Waals surface area contributed by atoms with E-state index in [0.29, 0.717) is 12.5 Å². The maximum atomic E-state index is 13.2. The van der Waals surface area contributed by atoms with Crippen LogP contribution in [0, 0.1) is 17.6 Å². The molecule has 0 saturated carbocycles. The lowest BCUT2D eigenvalue weighted by Crippen LogP contribution is -2.38. The van der Waals surface area contributed by atoms with E-state index in [4.69, 9.17) is 0 Å². The van der Waals surface area contributed by atoms with Gasteiger partial charge in [-0.3, -0.25) is 4.90 Å². The van der Waals surface area contributed by atoms with Crippen LogP contribution >= 0.6 is 0 Å². The molecule has 19 heavy (non-hydrogen) atoms. The molecule has 0 radical (unpaired) electrons. The smallest absolute Gasteiger partial charge is 0.159 e. The average Bonchev–Trinajstić information content (AvgIpc) is 2.43. The van der Waals surface area contributed by atoms with Gasteiger partial charge in [0.25, 0.3) is 0 Å². The Kier molecular flexibility index (Phi) is 5.28. The van der Waals surface area contributed by atoms with Gasteiger partial charge in [0.15, 0.2) is 11.6 Å². The third-order valence-electron chi connectivity index (χ3n) is 3.75. The van der Waals surface area contributed by atoms with E-state index in [-0.39, 0.29) is 0 Å². The van der Waals surface area contributed by atoms with E-state index >= 15 is 0 Å². The monoisotopic (exact) mass is 268 g/mol. The van der Waals surface area contributed by atoms with E-state index in [0.717, 1.165) is 31.7 Å². The van der Waals surface area contributed by atoms with Crippen LogP contribution in [0.4, 0.5) is 8.78 Å². The molecular weight excluding hydrogens is 246 g/mol. The molecule has 2 rings (SSSR count). The molecule has 0 aliphatic carbocycles. The number of nitrogens with zero attached hydrogens (tertiary/aromatic N) is 1. The van der Waals surface area contributed by atoms with Gasteiger partial charge in [-0.05, 0) is 56.1 Å². The topological polar surface area (TPSA) is 15.3 Å². The minimum Gasteiger partial charge on any atom is -0.316 e. The predicted octanol–water partition coefficient (Wildman–Crippen LogP) is 2.79. The van der Waals surface area contributed by atoms with Crippen molar-refractivity contribution >= 4 is 0 Å². The fourth-order valence-electron chi connectivity index (χ4n) is 2.65. The fraction of sp³-hybridized carbons (Fsp3) is 0.600. The largest absolute Gasteiger partial charge is 0.316 e. The van der Waals surface area contributed by atoms with Crippen LogP contribution in [0.25, 0.3) is 0 Å². The molecular formula is C15H22F2N2. The molecule has 0 amide bonds. The fourth-order valence-corrected chi connectivity index (χ4v) is 2.65. The van der Waals surface area contributed by atoms with E-state index in [1.165, 1.54) is 25.0 Å². The second kappa shape index (κ2) is 6.96. The minimum atomic E-state index is -0.775. The Morgan fingerprint density at radius 1 is 1.32 bits per heavy atom. The quantitative estimate of drug-likeness (QED) is 0.883. The summed E-state index contributed by atoms with van der Waals surface area (Å²) in [5.41, 5.74) is 0.838. The molecule has 1 saturated heterocycles. The van der Waals surface area contributed by atoms with Crippen LogP contribution in [0.5, 0.6) is 0 Å². The molecule has 1 heterocycles. The van der Waals surface area contributed by atoms with Gasteiger partial charge in [0, 0.05) is 13.1 Å². The number of rotatable bonds is 5. The Morgan fingerprint density at radius 2 is 2.16 bits per heavy atom. The zero-order chi connectivity index (χ0) is 13.7. The van der Waals surface area contributed by atoms with Crippen LogP contribution in [0.2, 0.25) is 0 Å². The Morgan fingerprint density at radius 3 is 2.79 bits per heavy atom. The van der Waals surface area contributed by atoms with Gasteiger partial charge in [-0.15, -0.1) is 0 Å². The van der Waals surface area contributed by atoms with Crippen LogP contribution in [-0.2, 0) is 6.54 Å². The molecule has 0 bridgehead atoms. The van der Waals surface area contributed by atoms with E-state index in [2.05, 4.69) is 17.1 Å². The van der Waals surface area contributed by atoms with Gasteiger partial charge in [0.2, 0.25) is 0 Å². The van der Waals surface area contributed by atoms with Gasteiger partial charge in [0.05, 0.1) is 0 Å². The molecule has 0 aromatic heterocycles. The Labute approximate surface area is 113 Å². The van der Waals surface area contributed by atoms with E-state index in [1.54, 1.807) is 6.07 Å². The van der Waals surface area contributed by atoms with Crippen molar-refractivity contribution in [3.63, 3.8) is 0 Å². The summed E-state index contributed by atoms with van der Waals surface area (Å²) in [6.07, 6.45) is 2.48. The summed E-state index contributed by atoms with van der Waals surface area (Å²) in [6, 6.07) is 4.18. The molecule has 1 aromatic carbocycles. The molecule has 1 N–H and O–H groups in total. The zero-order valence-electron chi connectivity index (χ0n) is 11.5. The minimum absolute atomic E-state index is 0.666. The first-order chi connectivity index (χ1) is 9.19. The number of benzene rings is 1. The highest BCUT2D eigenvalue weighted by atomic mass is 19.2. The van der Waals surface area contributed by atoms with Crippen molar-refractivity contribution in [1.82, 2.24) is 10.2 Å². The number of hydrogen-bond acceptors (Lipinski definition) is 2. The van der Waals surface area contributed by atoms with Gasteiger partial charge in [-0.2, -0.15) is 0 Å². The molecule has 2 nitrogen and oxygen atoms in total. The molecule has 1 unspecified atom stereocenters. The SMILES string of the molecule is CCN(Cc1ccc(F)c(F)c1)CC1CCCNC1. The summed E-state index contributed by atoms with van der Waals surface area (Å²) >= 11 is 0. The third-order valence-corrected chi connectivity index (χ3v) is 3.75. The maximum absolute atomic E-state index is 13.2. The first-order valence-corrected chi connectivity index (χ1v) is 7.06. The molecule has 4 heteroatoms. The summed E-state index contributed by atoms with van der Waals surface area (Å²) in [5.74, 6) is -0.866. The van der Waals surface area contributed by atoms with Crippen molar-refractivity contribution in [3.05, 3.63) is 35.4 Å². The number of nitrogens with one attached hydrogen (secondary N) is 1. The summed E-state index contributed by atoms with van der Waals surface area (Å²) in [7, 11) is 0. The molecule has 1 fully saturated rings. The van der Waals surface area contributed by atoms with Crippen LogP contribution in [0.15, 0.2) is 18.2 Å². The van der Waals surface area contributed by atoms with Crippen molar-refractivity contribution in [1.29, 1.82) is 0 Å². The highest BCUT2D eigenvalue weighted by Gasteiger charge is 2.16. The summed E-state index contributed by atoms with van der Waals surface area (Å²) in [4.78, 5) is 2.30. The van der Waals surface area contributed by atoms with Crippen LogP contribution in [0.3, 0.4) is 0 Å². The van der Waals surface area contributed by atoms with Gasteiger partial charge < -0.3 is 5.32 Å². The lowest BCUT2D eigenvalue weighted by molar-refractivity contribution is 0.209. The van der Waals surface area contributed by atoms with Crippen molar-refractivity contribution in [2.75, 3.05) is 26.2 Å². The second-order valence-corrected chi connectivity index (χ2v) is 5.29. The lowest BCUT2D eigenvalue weighted by atomic mass is 9.99. The summed E-state index contributed by atoms with van der Waals surface area (Å²) in [6.45, 7) is 6.92. The highest BCUT2D eigenvalue weighted by molar-refractivity contribution is 5.17. The molecule has 1 aliphatic rings. The molecule has 1 aromatic rings. The van der Waals surface area contributed by atoms with E-state index in [9.17, 15) is 8.78 Å². The second-order valence-electron chi connectivity index (χ2n) is 5.29. The molecule has 106 valence electrons. The highest BCUT2D eigenvalue weighted by Crippen LogP contribution is 2.15. The number of halogens is 2. The average molecular weight is 268 g/mol. The first-order valence-electron chi connectivity index (χ1n) is 7.06. The number of piperidine rings is 1. The van der Waals surface area contributed by atoms with Gasteiger partial charge in [0.1, 0.15) is 0 Å². The van der Waals surface area contributed by atoms with E-state index in [1.807, 2.05) is 0 Å². The predicted molar refractivity (Wildman–Crippen MR) is 72.9 cm³/mol. The third kappa shape index (κ3) is 4.25. The molecule has 1 aliphatic heterocycles. The van der Waals surface area contributed by atoms with Crippen molar-refractivity contribution in [2.24, 2.45) is 5.92 Å². The lowest BCUT2D eigenvalue weighted by Gasteiger charge is -2.29. The summed E-state index contributed by atoms with van der Waals surface area (Å²) < 4.78 is 26.1. The van der Waals surface area contributed by atoms with Crippen molar-refractivity contribution in [2.45, 2.75) is 26.3 Å². The van der Waals surface area contributed by atoms with Crippen LogP contribution in [0.1, 0.15) is 25.3 Å². The Balaban J connectivity index is 1.92. The van der Waals surface area contributed by atoms with Crippen molar-refractivity contribution in [3.8, 4) is 0 Å². The Bertz CT molecular complexity index is 403. The normalized spacial score (nSPS) is 19.9. The Hall–Kier alpha value is -1.00. The van der Waals surface area contributed by atoms with Crippen LogP contribution < -0.4 is 5.32 Å². The summed E-state index contributed by atoms with van der Waals surface area (Å²) in [5, 5.41) is 3.41. The zero-order valence-corrected chi connectivity index (χ0v) is 11.5. The van der Waals surface area contributed by atoms with E-state index < -0.39 is 11.6 Å². The number of hydrogen-bond donors (Lipinski definition) is 1. The van der Waals surface area contributed by atoms with Crippen LogP contribution in [-0.4, -0.2) is 31.1 Å². The molecule has 0 spiro atoms. The van der Waals surface area contributed by atoms with Gasteiger partial charge in [-0.25, -0.2) is 8.78 Å². The first kappa shape index (κ1) is 14.4. The molecule has 1 atom stereocenters. The van der Waals surface area contributed by atoms with Crippen molar-refractivity contribution < 1.29 is 8.78 Å². The maximum Gasteiger partial charge on any atom is 0.159 e.